The van der Waals surface area contributed by atoms with Crippen LogP contribution in [-0.2, 0) is 4.79 Å². The highest BCUT2D eigenvalue weighted by Gasteiger charge is 2.29. The molecule has 25 heavy (non-hydrogen) atoms. The van der Waals surface area contributed by atoms with Gasteiger partial charge in [0.05, 0.1) is 18.7 Å². The lowest BCUT2D eigenvalue weighted by Gasteiger charge is -2.32. The molecule has 1 aromatic rings. The number of methoxy groups -OCH3 is 1. The van der Waals surface area contributed by atoms with E-state index in [9.17, 15) is 9.59 Å². The van der Waals surface area contributed by atoms with E-state index in [4.69, 9.17) is 21.1 Å². The Bertz CT molecular complexity index is 640. The standard InChI is InChI=1S/C18H25ClN2O4/c1-5-25-16-14(19)10-13(11-15(16)24-4)18(23)21-8-6-12(7-9-21)17(22)20(2)3/h10-12H,5-9H2,1-4H3. The van der Waals surface area contributed by atoms with Crippen molar-refractivity contribution in [3.63, 3.8) is 0 Å². The van der Waals surface area contributed by atoms with Crippen LogP contribution in [0.3, 0.4) is 0 Å². The predicted octanol–water partition coefficient (Wildman–Crippen LogP) is 2.69. The summed E-state index contributed by atoms with van der Waals surface area (Å²) in [5, 5.41) is 0.349. The molecule has 1 aromatic carbocycles. The minimum Gasteiger partial charge on any atom is -0.493 e. The largest absolute Gasteiger partial charge is 0.493 e. The zero-order chi connectivity index (χ0) is 18.6. The van der Waals surface area contributed by atoms with Crippen molar-refractivity contribution in [2.75, 3.05) is 40.9 Å². The van der Waals surface area contributed by atoms with Gasteiger partial charge in [0.15, 0.2) is 11.5 Å². The second kappa shape index (κ2) is 8.43. The molecule has 1 heterocycles. The molecule has 1 fully saturated rings. The maximum atomic E-state index is 12.8. The first-order valence-electron chi connectivity index (χ1n) is 8.39. The lowest BCUT2D eigenvalue weighted by atomic mass is 9.95. The summed E-state index contributed by atoms with van der Waals surface area (Å²) < 4.78 is 10.8. The number of rotatable bonds is 5. The summed E-state index contributed by atoms with van der Waals surface area (Å²) in [6.45, 7) is 3.41. The Hall–Kier alpha value is -1.95. The first-order valence-corrected chi connectivity index (χ1v) is 8.77. The van der Waals surface area contributed by atoms with Crippen LogP contribution in [0.4, 0.5) is 0 Å². The summed E-state index contributed by atoms with van der Waals surface area (Å²) in [6.07, 6.45) is 1.34. The third-order valence-corrected chi connectivity index (χ3v) is 4.62. The number of amides is 2. The number of benzene rings is 1. The third kappa shape index (κ3) is 4.37. The summed E-state index contributed by atoms with van der Waals surface area (Å²) in [5.41, 5.74) is 0.461. The van der Waals surface area contributed by atoms with Crippen LogP contribution in [0.2, 0.25) is 5.02 Å². The summed E-state index contributed by atoms with van der Waals surface area (Å²) in [5.74, 6) is 0.878. The fourth-order valence-corrected chi connectivity index (χ4v) is 3.27. The van der Waals surface area contributed by atoms with Crippen LogP contribution < -0.4 is 9.47 Å². The Labute approximate surface area is 153 Å². The highest BCUT2D eigenvalue weighted by Crippen LogP contribution is 2.37. The first kappa shape index (κ1) is 19.4. The van der Waals surface area contributed by atoms with Crippen LogP contribution in [0, 0.1) is 5.92 Å². The van der Waals surface area contributed by atoms with Crippen LogP contribution in [-0.4, -0.2) is 62.5 Å². The Morgan fingerprint density at radius 2 is 1.92 bits per heavy atom. The van der Waals surface area contributed by atoms with E-state index in [1.807, 2.05) is 6.92 Å². The number of hydrogen-bond acceptors (Lipinski definition) is 4. The summed E-state index contributed by atoms with van der Waals surface area (Å²) in [4.78, 5) is 28.2. The molecule has 1 aliphatic heterocycles. The number of likely N-dealkylation sites (tertiary alicyclic amines) is 1. The average Bonchev–Trinajstić information content (AvgIpc) is 2.62. The van der Waals surface area contributed by atoms with Gasteiger partial charge in [-0.15, -0.1) is 0 Å². The lowest BCUT2D eigenvalue weighted by Crippen LogP contribution is -2.42. The first-order chi connectivity index (χ1) is 11.9. The molecule has 0 N–H and O–H groups in total. The molecule has 1 aliphatic rings. The Kier molecular flexibility index (Phi) is 6.53. The van der Waals surface area contributed by atoms with E-state index in [1.54, 1.807) is 36.0 Å². The second-order valence-electron chi connectivity index (χ2n) is 6.22. The molecule has 0 aromatic heterocycles. The molecule has 7 heteroatoms. The molecule has 6 nitrogen and oxygen atoms in total. The fraction of sp³-hybridized carbons (Fsp3) is 0.556. The number of halogens is 1. The predicted molar refractivity (Wildman–Crippen MR) is 96.5 cm³/mol. The Balaban J connectivity index is 2.11. The Morgan fingerprint density at radius 3 is 2.44 bits per heavy atom. The van der Waals surface area contributed by atoms with Crippen molar-refractivity contribution in [3.05, 3.63) is 22.7 Å². The molecule has 0 atom stereocenters. The van der Waals surface area contributed by atoms with Crippen LogP contribution in [0.25, 0.3) is 0 Å². The summed E-state index contributed by atoms with van der Waals surface area (Å²) in [6, 6.07) is 3.25. The quantitative estimate of drug-likeness (QED) is 0.801. The monoisotopic (exact) mass is 368 g/mol. The molecule has 2 rings (SSSR count). The maximum Gasteiger partial charge on any atom is 0.254 e. The fourth-order valence-electron chi connectivity index (χ4n) is 3.00. The number of hydrogen-bond donors (Lipinski definition) is 0. The van der Waals surface area contributed by atoms with Crippen LogP contribution >= 0.6 is 11.6 Å². The van der Waals surface area contributed by atoms with Gasteiger partial charge in [-0.05, 0) is 31.9 Å². The smallest absolute Gasteiger partial charge is 0.254 e. The Morgan fingerprint density at radius 1 is 1.28 bits per heavy atom. The molecule has 0 unspecified atom stereocenters. The zero-order valence-electron chi connectivity index (χ0n) is 15.2. The average molecular weight is 369 g/mol. The van der Waals surface area contributed by atoms with Crippen LogP contribution in [0.15, 0.2) is 12.1 Å². The topological polar surface area (TPSA) is 59.1 Å². The van der Waals surface area contributed by atoms with E-state index in [0.29, 0.717) is 54.6 Å². The highest BCUT2D eigenvalue weighted by molar-refractivity contribution is 6.32. The highest BCUT2D eigenvalue weighted by atomic mass is 35.5. The van der Waals surface area contributed by atoms with Crippen molar-refractivity contribution in [2.24, 2.45) is 5.92 Å². The van der Waals surface area contributed by atoms with E-state index in [1.165, 1.54) is 7.11 Å². The summed E-state index contributed by atoms with van der Waals surface area (Å²) in [7, 11) is 5.03. The molecule has 1 saturated heterocycles. The molecular formula is C18H25ClN2O4. The maximum absolute atomic E-state index is 12.8. The van der Waals surface area contributed by atoms with Gasteiger partial charge in [0.1, 0.15) is 0 Å². The lowest BCUT2D eigenvalue weighted by molar-refractivity contribution is -0.134. The van der Waals surface area contributed by atoms with Crippen LogP contribution in [0.5, 0.6) is 11.5 Å². The zero-order valence-corrected chi connectivity index (χ0v) is 15.9. The number of carbonyl (C=O) groups is 2. The number of carbonyl (C=O) groups excluding carboxylic acids is 2. The van der Waals surface area contributed by atoms with Crippen molar-refractivity contribution in [1.82, 2.24) is 9.80 Å². The number of ether oxygens (including phenoxy) is 2. The van der Waals surface area contributed by atoms with E-state index in [2.05, 4.69) is 0 Å². The minimum atomic E-state index is -0.112. The molecular weight excluding hydrogens is 344 g/mol. The van der Waals surface area contributed by atoms with Crippen molar-refractivity contribution >= 4 is 23.4 Å². The van der Waals surface area contributed by atoms with Gasteiger partial charge in [-0.25, -0.2) is 0 Å². The normalized spacial score (nSPS) is 15.0. The van der Waals surface area contributed by atoms with Crippen molar-refractivity contribution in [1.29, 1.82) is 0 Å². The SMILES string of the molecule is CCOc1c(Cl)cc(C(=O)N2CCC(C(=O)N(C)C)CC2)cc1OC. The van der Waals surface area contributed by atoms with Gasteiger partial charge in [0, 0.05) is 38.7 Å². The van der Waals surface area contributed by atoms with Gasteiger partial charge in [0.2, 0.25) is 5.91 Å². The molecule has 0 radical (unpaired) electrons. The molecule has 0 spiro atoms. The summed E-state index contributed by atoms with van der Waals surface area (Å²) >= 11 is 6.25. The van der Waals surface area contributed by atoms with E-state index >= 15 is 0 Å². The third-order valence-electron chi connectivity index (χ3n) is 4.34. The molecule has 2 amide bonds. The van der Waals surface area contributed by atoms with E-state index in [0.717, 1.165) is 0 Å². The van der Waals surface area contributed by atoms with Gasteiger partial charge in [-0.3, -0.25) is 9.59 Å². The van der Waals surface area contributed by atoms with Gasteiger partial charge < -0.3 is 19.3 Å². The number of piperidine rings is 1. The molecule has 138 valence electrons. The van der Waals surface area contributed by atoms with Crippen LogP contribution in [0.1, 0.15) is 30.1 Å². The van der Waals surface area contributed by atoms with Gasteiger partial charge >= 0.3 is 0 Å². The van der Waals surface area contributed by atoms with Gasteiger partial charge in [-0.2, -0.15) is 0 Å². The number of nitrogens with zero attached hydrogens (tertiary/aromatic N) is 2. The van der Waals surface area contributed by atoms with Crippen molar-refractivity contribution in [2.45, 2.75) is 19.8 Å². The van der Waals surface area contributed by atoms with Crippen molar-refractivity contribution in [3.8, 4) is 11.5 Å². The van der Waals surface area contributed by atoms with Gasteiger partial charge in [-0.1, -0.05) is 11.6 Å². The molecule has 0 saturated carbocycles. The molecule has 0 aliphatic carbocycles. The minimum absolute atomic E-state index is 0.0162. The van der Waals surface area contributed by atoms with E-state index in [-0.39, 0.29) is 17.7 Å². The van der Waals surface area contributed by atoms with Crippen molar-refractivity contribution < 1.29 is 19.1 Å². The molecule has 0 bridgehead atoms. The van der Waals surface area contributed by atoms with E-state index < -0.39 is 0 Å². The second-order valence-corrected chi connectivity index (χ2v) is 6.63. The van der Waals surface area contributed by atoms with Gasteiger partial charge in [0.25, 0.3) is 5.91 Å².